The first-order valence-corrected chi connectivity index (χ1v) is 7.47. The van der Waals surface area contributed by atoms with Crippen molar-refractivity contribution in [3.05, 3.63) is 34.6 Å². The quantitative estimate of drug-likeness (QED) is 0.869. The maximum absolute atomic E-state index is 13.4. The Kier molecular flexibility index (Phi) is 4.86. The molecule has 0 aromatic heterocycles. The second kappa shape index (κ2) is 6.23. The van der Waals surface area contributed by atoms with Crippen LogP contribution in [0.3, 0.4) is 0 Å². The minimum absolute atomic E-state index is 0.160. The molecule has 2 rings (SSSR count). The van der Waals surface area contributed by atoms with E-state index in [0.29, 0.717) is 11.8 Å². The number of hydrogen-bond donors (Lipinski definition) is 1. The third-order valence-electron chi connectivity index (χ3n) is 4.41. The summed E-state index contributed by atoms with van der Waals surface area (Å²) in [7, 11) is 0. The van der Waals surface area contributed by atoms with Crippen molar-refractivity contribution in [3.63, 3.8) is 0 Å². The first-order valence-electron chi connectivity index (χ1n) is 7.09. The second-order valence-corrected chi connectivity index (χ2v) is 6.50. The summed E-state index contributed by atoms with van der Waals surface area (Å²) in [4.78, 5) is 0. The molecule has 0 heterocycles. The predicted octanol–water partition coefficient (Wildman–Crippen LogP) is 4.45. The topological polar surface area (TPSA) is 20.2 Å². The van der Waals surface area contributed by atoms with Gasteiger partial charge in [0.05, 0.1) is 11.1 Å². The average Bonchev–Trinajstić information content (AvgIpc) is 2.36. The van der Waals surface area contributed by atoms with Crippen LogP contribution >= 0.6 is 11.6 Å². The standard InChI is InChI=1S/C16H22ClFO/c1-10(2)12-4-6-16(19)13(9-12)7-11-3-5-14(17)15(18)8-11/h3,5,8,10,12-13,16,19H,4,6-7,9H2,1-2H3. The highest BCUT2D eigenvalue weighted by Gasteiger charge is 2.30. The van der Waals surface area contributed by atoms with E-state index in [2.05, 4.69) is 13.8 Å². The number of aliphatic hydroxyl groups is 1. The molecule has 1 aromatic rings. The molecule has 3 atom stereocenters. The number of rotatable bonds is 3. The van der Waals surface area contributed by atoms with Gasteiger partial charge >= 0.3 is 0 Å². The summed E-state index contributed by atoms with van der Waals surface area (Å²) in [6.45, 7) is 4.47. The number of halogens is 2. The summed E-state index contributed by atoms with van der Waals surface area (Å²) in [5.74, 6) is 1.19. The van der Waals surface area contributed by atoms with Gasteiger partial charge in [0.1, 0.15) is 5.82 Å². The van der Waals surface area contributed by atoms with Crippen LogP contribution in [0.4, 0.5) is 4.39 Å². The molecule has 1 nitrogen and oxygen atoms in total. The molecule has 0 bridgehead atoms. The van der Waals surface area contributed by atoms with Crippen LogP contribution < -0.4 is 0 Å². The predicted molar refractivity (Wildman–Crippen MR) is 76.8 cm³/mol. The fourth-order valence-corrected chi connectivity index (χ4v) is 3.20. The van der Waals surface area contributed by atoms with Gasteiger partial charge in [-0.05, 0) is 61.1 Å². The van der Waals surface area contributed by atoms with Crippen molar-refractivity contribution < 1.29 is 9.50 Å². The summed E-state index contributed by atoms with van der Waals surface area (Å²) in [6, 6.07) is 4.95. The lowest BCUT2D eigenvalue weighted by molar-refractivity contribution is 0.0378. The monoisotopic (exact) mass is 284 g/mol. The van der Waals surface area contributed by atoms with Crippen LogP contribution in [-0.4, -0.2) is 11.2 Å². The fourth-order valence-electron chi connectivity index (χ4n) is 3.08. The van der Waals surface area contributed by atoms with Crippen molar-refractivity contribution in [2.75, 3.05) is 0 Å². The minimum Gasteiger partial charge on any atom is -0.393 e. The highest BCUT2D eigenvalue weighted by Crippen LogP contribution is 2.35. The Balaban J connectivity index is 2.05. The smallest absolute Gasteiger partial charge is 0.142 e. The van der Waals surface area contributed by atoms with Crippen LogP contribution in [0.1, 0.15) is 38.7 Å². The van der Waals surface area contributed by atoms with Crippen molar-refractivity contribution >= 4 is 11.6 Å². The molecule has 1 aliphatic rings. The Bertz CT molecular complexity index is 433. The Labute approximate surface area is 119 Å². The first-order chi connectivity index (χ1) is 8.97. The summed E-state index contributed by atoms with van der Waals surface area (Å²) in [5.41, 5.74) is 0.926. The van der Waals surface area contributed by atoms with Gasteiger partial charge in [-0.1, -0.05) is 31.5 Å². The lowest BCUT2D eigenvalue weighted by atomic mass is 9.73. The summed E-state index contributed by atoms with van der Waals surface area (Å²) in [6.07, 6.45) is 3.48. The summed E-state index contributed by atoms with van der Waals surface area (Å²) in [5, 5.41) is 10.3. The average molecular weight is 285 g/mol. The maximum Gasteiger partial charge on any atom is 0.142 e. The van der Waals surface area contributed by atoms with E-state index in [-0.39, 0.29) is 22.9 Å². The molecule has 0 amide bonds. The molecule has 106 valence electrons. The molecule has 1 N–H and O–H groups in total. The Morgan fingerprint density at radius 3 is 2.74 bits per heavy atom. The van der Waals surface area contributed by atoms with Gasteiger partial charge in [0.15, 0.2) is 0 Å². The van der Waals surface area contributed by atoms with Crippen LogP contribution in [-0.2, 0) is 6.42 Å². The molecule has 1 fully saturated rings. The van der Waals surface area contributed by atoms with Gasteiger partial charge in [-0.2, -0.15) is 0 Å². The minimum atomic E-state index is -0.370. The molecule has 0 radical (unpaired) electrons. The van der Waals surface area contributed by atoms with E-state index in [1.807, 2.05) is 6.07 Å². The van der Waals surface area contributed by atoms with Gasteiger partial charge in [0.2, 0.25) is 0 Å². The molecule has 0 spiro atoms. The number of benzene rings is 1. The molecule has 3 unspecified atom stereocenters. The lowest BCUT2D eigenvalue weighted by Gasteiger charge is -2.35. The molecule has 0 saturated heterocycles. The highest BCUT2D eigenvalue weighted by atomic mass is 35.5. The molecule has 1 aromatic carbocycles. The zero-order valence-corrected chi connectivity index (χ0v) is 12.3. The van der Waals surface area contributed by atoms with E-state index in [1.165, 1.54) is 6.07 Å². The van der Waals surface area contributed by atoms with Crippen LogP contribution in [0, 0.1) is 23.6 Å². The van der Waals surface area contributed by atoms with Crippen LogP contribution in [0.25, 0.3) is 0 Å². The highest BCUT2D eigenvalue weighted by molar-refractivity contribution is 6.30. The third kappa shape index (κ3) is 3.70. The van der Waals surface area contributed by atoms with Gasteiger partial charge in [0.25, 0.3) is 0 Å². The van der Waals surface area contributed by atoms with Crippen LogP contribution in [0.15, 0.2) is 18.2 Å². The Hall–Kier alpha value is -0.600. The van der Waals surface area contributed by atoms with E-state index >= 15 is 0 Å². The van der Waals surface area contributed by atoms with Crippen molar-refractivity contribution in [1.82, 2.24) is 0 Å². The van der Waals surface area contributed by atoms with E-state index in [9.17, 15) is 9.50 Å². The molecule has 1 saturated carbocycles. The molecule has 1 aliphatic carbocycles. The van der Waals surface area contributed by atoms with Gasteiger partial charge in [-0.3, -0.25) is 0 Å². The van der Waals surface area contributed by atoms with Crippen LogP contribution in [0.5, 0.6) is 0 Å². The fraction of sp³-hybridized carbons (Fsp3) is 0.625. The zero-order valence-electron chi connectivity index (χ0n) is 11.6. The van der Waals surface area contributed by atoms with Gasteiger partial charge in [-0.15, -0.1) is 0 Å². The first kappa shape index (κ1) is 14.8. The SMILES string of the molecule is CC(C)C1CCC(O)C(Cc2ccc(Cl)c(F)c2)C1. The molecular weight excluding hydrogens is 263 g/mol. The van der Waals surface area contributed by atoms with Crippen molar-refractivity contribution in [3.8, 4) is 0 Å². The van der Waals surface area contributed by atoms with Gasteiger partial charge in [-0.25, -0.2) is 4.39 Å². The van der Waals surface area contributed by atoms with E-state index in [1.54, 1.807) is 6.07 Å². The van der Waals surface area contributed by atoms with Gasteiger partial charge < -0.3 is 5.11 Å². The van der Waals surface area contributed by atoms with Crippen molar-refractivity contribution in [1.29, 1.82) is 0 Å². The van der Waals surface area contributed by atoms with Crippen molar-refractivity contribution in [2.24, 2.45) is 17.8 Å². The molecular formula is C16H22ClFO. The van der Waals surface area contributed by atoms with Crippen molar-refractivity contribution in [2.45, 2.75) is 45.6 Å². The summed E-state index contributed by atoms with van der Waals surface area (Å²) >= 11 is 5.69. The summed E-state index contributed by atoms with van der Waals surface area (Å²) < 4.78 is 13.4. The number of aliphatic hydroxyl groups excluding tert-OH is 1. The maximum atomic E-state index is 13.4. The van der Waals surface area contributed by atoms with Crippen LogP contribution in [0.2, 0.25) is 5.02 Å². The normalized spacial score (nSPS) is 27.8. The third-order valence-corrected chi connectivity index (χ3v) is 4.71. The Morgan fingerprint density at radius 2 is 2.11 bits per heavy atom. The van der Waals surface area contributed by atoms with E-state index in [4.69, 9.17) is 11.6 Å². The second-order valence-electron chi connectivity index (χ2n) is 6.10. The zero-order chi connectivity index (χ0) is 14.0. The largest absolute Gasteiger partial charge is 0.393 e. The number of hydrogen-bond acceptors (Lipinski definition) is 1. The Morgan fingerprint density at radius 1 is 1.37 bits per heavy atom. The van der Waals surface area contributed by atoms with E-state index in [0.717, 1.165) is 31.2 Å². The van der Waals surface area contributed by atoms with Gasteiger partial charge in [0, 0.05) is 0 Å². The van der Waals surface area contributed by atoms with E-state index < -0.39 is 0 Å². The lowest BCUT2D eigenvalue weighted by Crippen LogP contribution is -2.32. The molecule has 19 heavy (non-hydrogen) atoms. The molecule has 0 aliphatic heterocycles. The molecule has 3 heteroatoms.